The van der Waals surface area contributed by atoms with Crippen molar-refractivity contribution in [3.05, 3.63) is 71.3 Å². The Balaban J connectivity index is 1.69. The first-order chi connectivity index (χ1) is 11.6. The molecule has 0 spiro atoms. The Bertz CT molecular complexity index is 703. The minimum absolute atomic E-state index is 0.125. The van der Waals surface area contributed by atoms with Gasteiger partial charge in [-0.1, -0.05) is 36.4 Å². The van der Waals surface area contributed by atoms with Crippen LogP contribution in [0.5, 0.6) is 0 Å². The molecule has 1 heterocycles. The summed E-state index contributed by atoms with van der Waals surface area (Å²) in [5, 5.41) is 0. The maximum absolute atomic E-state index is 13.5. The minimum atomic E-state index is -0.963. The number of carbonyl (C=O) groups excluding carboxylic acids is 1. The van der Waals surface area contributed by atoms with Crippen LogP contribution in [0, 0.1) is 17.6 Å². The molecule has 1 aliphatic heterocycles. The van der Waals surface area contributed by atoms with Crippen molar-refractivity contribution in [1.29, 1.82) is 0 Å². The summed E-state index contributed by atoms with van der Waals surface area (Å²) in [6.07, 6.45) is 0.629. The zero-order chi connectivity index (χ0) is 16.9. The predicted molar refractivity (Wildman–Crippen MR) is 84.3 cm³/mol. The standard InChI is InChI=1S/C19H18F2O3/c20-16-7-6-14(10-17(16)21)18-15(8-9-24-19(18)22)12-23-11-13-4-2-1-3-5-13/h1-7,10,15,18H,8-9,11-12H2/t15-,18-/m0/s1. The summed E-state index contributed by atoms with van der Waals surface area (Å²) >= 11 is 0. The van der Waals surface area contributed by atoms with Crippen molar-refractivity contribution in [3.8, 4) is 0 Å². The summed E-state index contributed by atoms with van der Waals surface area (Å²) < 4.78 is 37.5. The molecule has 0 amide bonds. The van der Waals surface area contributed by atoms with Crippen molar-refractivity contribution in [3.63, 3.8) is 0 Å². The summed E-state index contributed by atoms with van der Waals surface area (Å²) in [5.41, 5.74) is 1.46. The highest BCUT2D eigenvalue weighted by Crippen LogP contribution is 2.33. The normalized spacial score (nSPS) is 20.7. The van der Waals surface area contributed by atoms with Gasteiger partial charge in [0.25, 0.3) is 0 Å². The summed E-state index contributed by atoms with van der Waals surface area (Å²) in [4.78, 5) is 12.1. The van der Waals surface area contributed by atoms with Gasteiger partial charge in [-0.05, 0) is 29.7 Å². The number of rotatable bonds is 5. The van der Waals surface area contributed by atoms with E-state index in [9.17, 15) is 13.6 Å². The van der Waals surface area contributed by atoms with Crippen molar-refractivity contribution in [2.24, 2.45) is 5.92 Å². The van der Waals surface area contributed by atoms with Crippen LogP contribution in [-0.4, -0.2) is 19.2 Å². The van der Waals surface area contributed by atoms with Gasteiger partial charge in [-0.3, -0.25) is 4.79 Å². The van der Waals surface area contributed by atoms with E-state index in [0.29, 0.717) is 31.8 Å². The van der Waals surface area contributed by atoms with Crippen molar-refractivity contribution in [2.75, 3.05) is 13.2 Å². The van der Waals surface area contributed by atoms with Gasteiger partial charge in [-0.2, -0.15) is 0 Å². The number of hydrogen-bond acceptors (Lipinski definition) is 3. The van der Waals surface area contributed by atoms with Crippen LogP contribution in [0.1, 0.15) is 23.5 Å². The Labute approximate surface area is 139 Å². The lowest BCUT2D eigenvalue weighted by Crippen LogP contribution is -2.33. The Kier molecular flexibility index (Phi) is 5.20. The topological polar surface area (TPSA) is 35.5 Å². The zero-order valence-corrected chi connectivity index (χ0v) is 13.1. The molecule has 126 valence electrons. The second-order valence-electron chi connectivity index (χ2n) is 5.87. The number of halogens is 2. The molecule has 0 unspecified atom stereocenters. The van der Waals surface area contributed by atoms with Gasteiger partial charge in [0, 0.05) is 5.92 Å². The zero-order valence-electron chi connectivity index (χ0n) is 13.1. The highest BCUT2D eigenvalue weighted by molar-refractivity contribution is 5.79. The quantitative estimate of drug-likeness (QED) is 0.781. The Morgan fingerprint density at radius 1 is 1.08 bits per heavy atom. The lowest BCUT2D eigenvalue weighted by Gasteiger charge is -2.30. The lowest BCUT2D eigenvalue weighted by molar-refractivity contribution is -0.153. The molecule has 0 N–H and O–H groups in total. The third-order valence-electron chi connectivity index (χ3n) is 4.20. The predicted octanol–water partition coefficient (Wildman–Crippen LogP) is 3.83. The molecule has 24 heavy (non-hydrogen) atoms. The molecular formula is C19H18F2O3. The van der Waals surface area contributed by atoms with Crippen molar-refractivity contribution in [1.82, 2.24) is 0 Å². The molecule has 0 aromatic heterocycles. The molecule has 0 aliphatic carbocycles. The minimum Gasteiger partial charge on any atom is -0.465 e. The first-order valence-electron chi connectivity index (χ1n) is 7.88. The van der Waals surface area contributed by atoms with E-state index >= 15 is 0 Å². The van der Waals surface area contributed by atoms with Crippen LogP contribution in [0.15, 0.2) is 48.5 Å². The molecule has 3 rings (SSSR count). The van der Waals surface area contributed by atoms with Gasteiger partial charge < -0.3 is 9.47 Å². The molecule has 2 aromatic carbocycles. The fraction of sp³-hybridized carbons (Fsp3) is 0.316. The SMILES string of the molecule is O=C1OCC[C@@H](COCc2ccccc2)[C@@H]1c1ccc(F)c(F)c1. The van der Waals surface area contributed by atoms with Crippen molar-refractivity contribution in [2.45, 2.75) is 18.9 Å². The van der Waals surface area contributed by atoms with Gasteiger partial charge in [0.2, 0.25) is 0 Å². The van der Waals surface area contributed by atoms with Gasteiger partial charge >= 0.3 is 5.97 Å². The molecule has 5 heteroatoms. The Hall–Kier alpha value is -2.27. The van der Waals surface area contributed by atoms with Crippen LogP contribution in [0.2, 0.25) is 0 Å². The molecule has 1 saturated heterocycles. The monoisotopic (exact) mass is 332 g/mol. The maximum atomic E-state index is 13.5. The first-order valence-corrected chi connectivity index (χ1v) is 7.88. The second-order valence-corrected chi connectivity index (χ2v) is 5.87. The average Bonchev–Trinajstić information content (AvgIpc) is 2.59. The van der Waals surface area contributed by atoms with Crippen LogP contribution >= 0.6 is 0 Å². The van der Waals surface area contributed by atoms with E-state index in [4.69, 9.17) is 9.47 Å². The van der Waals surface area contributed by atoms with Gasteiger partial charge in [-0.15, -0.1) is 0 Å². The fourth-order valence-electron chi connectivity index (χ4n) is 2.96. The summed E-state index contributed by atoms with van der Waals surface area (Å²) in [5.74, 6) is -3.07. The molecule has 1 fully saturated rings. The smallest absolute Gasteiger partial charge is 0.313 e. The molecule has 1 aliphatic rings. The van der Waals surface area contributed by atoms with E-state index in [1.807, 2.05) is 30.3 Å². The fourth-order valence-corrected chi connectivity index (χ4v) is 2.96. The highest BCUT2D eigenvalue weighted by Gasteiger charge is 2.35. The number of carbonyl (C=O) groups is 1. The maximum Gasteiger partial charge on any atom is 0.313 e. The largest absolute Gasteiger partial charge is 0.465 e. The van der Waals surface area contributed by atoms with E-state index in [-0.39, 0.29) is 5.92 Å². The molecule has 2 atom stereocenters. The summed E-state index contributed by atoms with van der Waals surface area (Å²) in [6, 6.07) is 13.2. The van der Waals surface area contributed by atoms with E-state index in [0.717, 1.165) is 17.7 Å². The van der Waals surface area contributed by atoms with Crippen LogP contribution in [0.25, 0.3) is 0 Å². The molecular weight excluding hydrogens is 314 g/mol. The molecule has 2 aromatic rings. The molecule has 0 saturated carbocycles. The molecule has 0 bridgehead atoms. The van der Waals surface area contributed by atoms with Gasteiger partial charge in [0.15, 0.2) is 11.6 Å². The third kappa shape index (κ3) is 3.79. The first kappa shape index (κ1) is 16.6. The lowest BCUT2D eigenvalue weighted by atomic mass is 9.83. The molecule has 0 radical (unpaired) electrons. The number of benzene rings is 2. The van der Waals surface area contributed by atoms with E-state index < -0.39 is 23.5 Å². The van der Waals surface area contributed by atoms with Crippen LogP contribution < -0.4 is 0 Å². The number of cyclic esters (lactones) is 1. The number of esters is 1. The highest BCUT2D eigenvalue weighted by atomic mass is 19.2. The van der Waals surface area contributed by atoms with Crippen LogP contribution in [-0.2, 0) is 20.9 Å². The van der Waals surface area contributed by atoms with E-state index in [2.05, 4.69) is 0 Å². The summed E-state index contributed by atoms with van der Waals surface area (Å²) in [6.45, 7) is 1.11. The Morgan fingerprint density at radius 3 is 2.62 bits per heavy atom. The number of hydrogen-bond donors (Lipinski definition) is 0. The third-order valence-corrected chi connectivity index (χ3v) is 4.20. The van der Waals surface area contributed by atoms with Gasteiger partial charge in [0.1, 0.15) is 0 Å². The van der Waals surface area contributed by atoms with Crippen molar-refractivity contribution < 1.29 is 23.0 Å². The number of ether oxygens (including phenoxy) is 2. The van der Waals surface area contributed by atoms with E-state index in [1.54, 1.807) is 0 Å². The average molecular weight is 332 g/mol. The van der Waals surface area contributed by atoms with Crippen LogP contribution in [0.3, 0.4) is 0 Å². The van der Waals surface area contributed by atoms with Crippen LogP contribution in [0.4, 0.5) is 8.78 Å². The van der Waals surface area contributed by atoms with Crippen molar-refractivity contribution >= 4 is 5.97 Å². The molecule has 3 nitrogen and oxygen atoms in total. The van der Waals surface area contributed by atoms with Gasteiger partial charge in [0.05, 0.1) is 25.7 Å². The van der Waals surface area contributed by atoms with E-state index in [1.165, 1.54) is 6.07 Å². The summed E-state index contributed by atoms with van der Waals surface area (Å²) in [7, 11) is 0. The second kappa shape index (κ2) is 7.53. The Morgan fingerprint density at radius 2 is 1.88 bits per heavy atom. The van der Waals surface area contributed by atoms with Gasteiger partial charge in [-0.25, -0.2) is 8.78 Å².